The first kappa shape index (κ1) is 17.2. The van der Waals surface area contributed by atoms with E-state index in [-0.39, 0.29) is 41.6 Å². The number of hydrogen-bond acceptors (Lipinski definition) is 2. The second kappa shape index (κ2) is 6.61. The second-order valence-electron chi connectivity index (χ2n) is 8.79. The van der Waals surface area contributed by atoms with Gasteiger partial charge in [0.25, 0.3) is 0 Å². The largest absolute Gasteiger partial charge is 0.341 e. The molecule has 1 aromatic carbocycles. The van der Waals surface area contributed by atoms with Gasteiger partial charge in [0.05, 0.1) is 0 Å². The van der Waals surface area contributed by atoms with Gasteiger partial charge >= 0.3 is 0 Å². The lowest BCUT2D eigenvalue weighted by atomic mass is 9.73. The van der Waals surface area contributed by atoms with Crippen molar-refractivity contribution in [2.45, 2.75) is 62.9 Å². The Morgan fingerprint density at radius 1 is 0.926 bits per heavy atom. The highest BCUT2D eigenvalue weighted by Gasteiger charge is 2.54. The van der Waals surface area contributed by atoms with E-state index in [1.165, 1.54) is 12.1 Å². The number of halogens is 1. The van der Waals surface area contributed by atoms with Crippen LogP contribution in [0.3, 0.4) is 0 Å². The minimum Gasteiger partial charge on any atom is -0.341 e. The van der Waals surface area contributed by atoms with Crippen molar-refractivity contribution in [2.24, 2.45) is 11.8 Å². The summed E-state index contributed by atoms with van der Waals surface area (Å²) in [7, 11) is 0. The highest BCUT2D eigenvalue weighted by atomic mass is 19.1. The van der Waals surface area contributed by atoms with E-state index in [1.807, 2.05) is 9.80 Å². The molecule has 2 aliphatic carbocycles. The minimum absolute atomic E-state index is 0.0383. The van der Waals surface area contributed by atoms with Crippen LogP contribution < -0.4 is 0 Å². The first-order chi connectivity index (χ1) is 13.1. The van der Waals surface area contributed by atoms with Crippen molar-refractivity contribution in [3.63, 3.8) is 0 Å². The Hall–Kier alpha value is -1.91. The summed E-state index contributed by atoms with van der Waals surface area (Å²) in [5, 5.41) is 0. The summed E-state index contributed by atoms with van der Waals surface area (Å²) >= 11 is 0. The molecule has 144 valence electrons. The first-order valence-corrected chi connectivity index (χ1v) is 10.5. The van der Waals surface area contributed by atoms with E-state index in [1.54, 1.807) is 12.1 Å². The van der Waals surface area contributed by atoms with Gasteiger partial charge in [-0.2, -0.15) is 0 Å². The number of carbonyl (C=O) groups is 2. The monoisotopic (exact) mass is 370 g/mol. The fourth-order valence-corrected chi connectivity index (χ4v) is 5.65. The molecule has 0 aromatic heterocycles. The van der Waals surface area contributed by atoms with Gasteiger partial charge in [-0.05, 0) is 74.5 Å². The Labute approximate surface area is 159 Å². The van der Waals surface area contributed by atoms with E-state index in [0.717, 1.165) is 63.6 Å². The second-order valence-corrected chi connectivity index (χ2v) is 8.79. The molecule has 5 aliphatic rings. The number of hydrogen-bond donors (Lipinski definition) is 0. The summed E-state index contributed by atoms with van der Waals surface area (Å²) in [6.45, 7) is 1.69. The molecule has 5 fully saturated rings. The lowest BCUT2D eigenvalue weighted by Gasteiger charge is -2.51. The van der Waals surface area contributed by atoms with Crippen LogP contribution in [0.1, 0.15) is 56.4 Å². The third kappa shape index (κ3) is 2.95. The predicted molar refractivity (Wildman–Crippen MR) is 99.4 cm³/mol. The molecule has 3 heterocycles. The SMILES string of the molecule is O=C([C@@H]1C2CCC(CC2)N1C(=O)[C@@H]1C[C@@H]1c1ccc(F)cc1)N1CCCC1. The maximum atomic E-state index is 13.4. The van der Waals surface area contributed by atoms with E-state index in [2.05, 4.69) is 0 Å². The predicted octanol–water partition coefficient (Wildman–Crippen LogP) is 3.32. The van der Waals surface area contributed by atoms with Gasteiger partial charge in [0.2, 0.25) is 11.8 Å². The summed E-state index contributed by atoms with van der Waals surface area (Å²) in [4.78, 5) is 30.6. The lowest BCUT2D eigenvalue weighted by molar-refractivity contribution is -0.159. The quantitative estimate of drug-likeness (QED) is 0.819. The Morgan fingerprint density at radius 2 is 1.59 bits per heavy atom. The Balaban J connectivity index is 1.36. The average Bonchev–Trinajstić information content (AvgIpc) is 3.31. The van der Waals surface area contributed by atoms with Crippen LogP contribution in [0.5, 0.6) is 0 Å². The summed E-state index contributed by atoms with van der Waals surface area (Å²) in [5.41, 5.74) is 1.04. The number of carbonyl (C=O) groups excluding carboxylic acids is 2. The molecule has 3 saturated heterocycles. The zero-order valence-corrected chi connectivity index (χ0v) is 15.6. The summed E-state index contributed by atoms with van der Waals surface area (Å²) in [5.74, 6) is 0.581. The maximum absolute atomic E-state index is 13.4. The molecule has 2 bridgehead atoms. The molecule has 2 amide bonds. The number of rotatable bonds is 3. The van der Waals surface area contributed by atoms with Crippen molar-refractivity contribution >= 4 is 11.8 Å². The number of piperidine rings is 2. The van der Waals surface area contributed by atoms with Crippen LogP contribution >= 0.6 is 0 Å². The minimum atomic E-state index is -0.244. The molecular formula is C22H27FN2O2. The molecule has 4 nitrogen and oxygen atoms in total. The number of benzene rings is 1. The van der Waals surface area contributed by atoms with Gasteiger partial charge in [0.15, 0.2) is 0 Å². The zero-order chi connectivity index (χ0) is 18.5. The van der Waals surface area contributed by atoms with Crippen LogP contribution in [0.25, 0.3) is 0 Å². The summed E-state index contributed by atoms with van der Waals surface area (Å²) in [6.07, 6.45) is 7.20. The Morgan fingerprint density at radius 3 is 2.26 bits per heavy atom. The molecule has 6 rings (SSSR count). The standard InChI is InChI=1S/C22H27FN2O2/c23-16-7-3-14(4-8-16)18-13-19(18)21(26)25-17-9-5-15(6-10-17)20(25)22(27)24-11-1-2-12-24/h3-4,7-8,15,17-20H,1-2,5-6,9-13H2/t15?,17?,18-,19-,20+/m1/s1. The Bertz CT molecular complexity index is 735. The van der Waals surface area contributed by atoms with Crippen molar-refractivity contribution in [2.75, 3.05) is 13.1 Å². The number of amides is 2. The van der Waals surface area contributed by atoms with E-state index in [4.69, 9.17) is 0 Å². The molecule has 0 radical (unpaired) electrons. The van der Waals surface area contributed by atoms with Crippen LogP contribution in [-0.2, 0) is 9.59 Å². The molecule has 0 N–H and O–H groups in total. The van der Waals surface area contributed by atoms with Crippen LogP contribution in [0.4, 0.5) is 4.39 Å². The van der Waals surface area contributed by atoms with Crippen molar-refractivity contribution in [1.82, 2.24) is 9.80 Å². The fraction of sp³-hybridized carbons (Fsp3) is 0.636. The summed E-state index contributed by atoms with van der Waals surface area (Å²) < 4.78 is 13.2. The molecule has 3 aliphatic heterocycles. The van der Waals surface area contributed by atoms with E-state index >= 15 is 0 Å². The van der Waals surface area contributed by atoms with Crippen LogP contribution in [0, 0.1) is 17.7 Å². The van der Waals surface area contributed by atoms with Gasteiger partial charge in [-0.1, -0.05) is 12.1 Å². The van der Waals surface area contributed by atoms with Gasteiger partial charge in [-0.25, -0.2) is 4.39 Å². The van der Waals surface area contributed by atoms with Crippen LogP contribution in [0.2, 0.25) is 0 Å². The highest BCUT2D eigenvalue weighted by molar-refractivity contribution is 5.91. The Kier molecular flexibility index (Phi) is 4.21. The van der Waals surface area contributed by atoms with Crippen LogP contribution in [-0.4, -0.2) is 46.8 Å². The van der Waals surface area contributed by atoms with Gasteiger partial charge < -0.3 is 9.80 Å². The average molecular weight is 370 g/mol. The van der Waals surface area contributed by atoms with Gasteiger partial charge in [0.1, 0.15) is 11.9 Å². The molecule has 5 heteroatoms. The van der Waals surface area contributed by atoms with Crippen molar-refractivity contribution in [1.29, 1.82) is 0 Å². The van der Waals surface area contributed by atoms with Gasteiger partial charge in [-0.3, -0.25) is 9.59 Å². The van der Waals surface area contributed by atoms with E-state index < -0.39 is 0 Å². The van der Waals surface area contributed by atoms with E-state index in [0.29, 0.717) is 5.92 Å². The number of fused-ring (bicyclic) bond motifs is 3. The third-order valence-electron chi connectivity index (χ3n) is 7.21. The third-order valence-corrected chi connectivity index (χ3v) is 7.21. The first-order valence-electron chi connectivity index (χ1n) is 10.5. The smallest absolute Gasteiger partial charge is 0.245 e. The molecule has 2 saturated carbocycles. The van der Waals surface area contributed by atoms with Crippen molar-refractivity contribution in [3.8, 4) is 0 Å². The number of nitrogens with zero attached hydrogens (tertiary/aromatic N) is 2. The fourth-order valence-electron chi connectivity index (χ4n) is 5.65. The zero-order valence-electron chi connectivity index (χ0n) is 15.6. The topological polar surface area (TPSA) is 40.6 Å². The maximum Gasteiger partial charge on any atom is 0.245 e. The van der Waals surface area contributed by atoms with E-state index in [9.17, 15) is 14.0 Å². The van der Waals surface area contributed by atoms with Gasteiger partial charge in [-0.15, -0.1) is 0 Å². The molecule has 0 spiro atoms. The lowest BCUT2D eigenvalue weighted by Crippen LogP contribution is -2.63. The number of likely N-dealkylation sites (tertiary alicyclic amines) is 1. The van der Waals surface area contributed by atoms with Crippen molar-refractivity contribution < 1.29 is 14.0 Å². The molecule has 27 heavy (non-hydrogen) atoms. The summed E-state index contributed by atoms with van der Waals surface area (Å²) in [6, 6.07) is 6.52. The molecule has 0 unspecified atom stereocenters. The normalized spacial score (nSPS) is 34.8. The molecule has 1 aromatic rings. The van der Waals surface area contributed by atoms with Crippen LogP contribution in [0.15, 0.2) is 24.3 Å². The highest BCUT2D eigenvalue weighted by Crippen LogP contribution is 2.51. The van der Waals surface area contributed by atoms with Crippen molar-refractivity contribution in [3.05, 3.63) is 35.6 Å². The van der Waals surface area contributed by atoms with Gasteiger partial charge in [0, 0.05) is 25.0 Å². The molecule has 3 atom stereocenters. The molecular weight excluding hydrogens is 343 g/mol.